The minimum absolute atomic E-state index is 0.0162. The zero-order valence-electron chi connectivity index (χ0n) is 14.9. The molecule has 1 unspecified atom stereocenters. The molecule has 5 heteroatoms. The molecule has 0 bridgehead atoms. The van der Waals surface area contributed by atoms with Crippen molar-refractivity contribution in [2.45, 2.75) is 24.9 Å². The molecule has 134 valence electrons. The molecule has 1 amide bonds. The Kier molecular flexibility index (Phi) is 5.25. The molecular weight excluding hydrogens is 316 g/mol. The summed E-state index contributed by atoms with van der Waals surface area (Å²) in [6.07, 6.45) is 3.77. The van der Waals surface area contributed by atoms with E-state index < -0.39 is 5.60 Å². The van der Waals surface area contributed by atoms with E-state index in [1.54, 1.807) is 6.26 Å². The van der Waals surface area contributed by atoms with E-state index >= 15 is 0 Å². The summed E-state index contributed by atoms with van der Waals surface area (Å²) in [5.41, 5.74) is 0.843. The molecule has 1 aromatic heterocycles. The minimum atomic E-state index is -0.714. The maximum Gasteiger partial charge on any atom is 0.253 e. The molecule has 2 heterocycles. The summed E-state index contributed by atoms with van der Waals surface area (Å²) < 4.78 is 5.42. The highest BCUT2D eigenvalue weighted by atomic mass is 16.3. The van der Waals surface area contributed by atoms with Crippen LogP contribution in [-0.2, 0) is 0 Å². The Morgan fingerprint density at radius 3 is 2.80 bits per heavy atom. The molecular formula is C20H26N2O3. The van der Waals surface area contributed by atoms with E-state index in [2.05, 4.69) is 0 Å². The first-order chi connectivity index (χ1) is 12.0. The monoisotopic (exact) mass is 342 g/mol. The SMILES string of the molecule is CN(C)CC1(O)CCCN(C(=O)c2cccc(-c3ccco3)c2)CC1. The summed E-state index contributed by atoms with van der Waals surface area (Å²) in [5, 5.41) is 10.8. The number of furan rings is 1. The van der Waals surface area contributed by atoms with Crippen LogP contribution in [0.1, 0.15) is 29.6 Å². The van der Waals surface area contributed by atoms with Crippen LogP contribution in [-0.4, -0.2) is 60.1 Å². The van der Waals surface area contributed by atoms with Gasteiger partial charge < -0.3 is 19.3 Å². The Morgan fingerprint density at radius 1 is 1.24 bits per heavy atom. The zero-order valence-corrected chi connectivity index (χ0v) is 14.9. The van der Waals surface area contributed by atoms with Gasteiger partial charge in [0, 0.05) is 30.8 Å². The van der Waals surface area contributed by atoms with E-state index in [1.165, 1.54) is 0 Å². The number of hydrogen-bond acceptors (Lipinski definition) is 4. The highest BCUT2D eigenvalue weighted by molar-refractivity contribution is 5.95. The number of carbonyl (C=O) groups excluding carboxylic acids is 1. The lowest BCUT2D eigenvalue weighted by atomic mass is 9.94. The number of nitrogens with zero attached hydrogens (tertiary/aromatic N) is 2. The molecule has 0 saturated carbocycles. The molecule has 1 N–H and O–H groups in total. The molecule has 1 fully saturated rings. The van der Waals surface area contributed by atoms with Crippen molar-refractivity contribution >= 4 is 5.91 Å². The number of likely N-dealkylation sites (N-methyl/N-ethyl adjacent to an activating group) is 1. The first kappa shape index (κ1) is 17.7. The number of carbonyl (C=O) groups is 1. The van der Waals surface area contributed by atoms with Crippen molar-refractivity contribution in [1.29, 1.82) is 0 Å². The van der Waals surface area contributed by atoms with Gasteiger partial charge in [-0.1, -0.05) is 12.1 Å². The number of hydrogen-bond donors (Lipinski definition) is 1. The molecule has 1 saturated heterocycles. The molecule has 3 rings (SSSR count). The van der Waals surface area contributed by atoms with Crippen molar-refractivity contribution in [1.82, 2.24) is 9.80 Å². The zero-order chi connectivity index (χ0) is 17.9. The molecule has 1 aliphatic heterocycles. The number of aliphatic hydroxyl groups is 1. The van der Waals surface area contributed by atoms with Crippen molar-refractivity contribution in [3.05, 3.63) is 48.2 Å². The summed E-state index contributed by atoms with van der Waals surface area (Å²) in [5.74, 6) is 0.772. The summed E-state index contributed by atoms with van der Waals surface area (Å²) in [6.45, 7) is 1.89. The average molecular weight is 342 g/mol. The van der Waals surface area contributed by atoms with Crippen LogP contribution in [0.3, 0.4) is 0 Å². The third-order valence-electron chi connectivity index (χ3n) is 4.73. The van der Waals surface area contributed by atoms with Crippen LogP contribution in [0.15, 0.2) is 47.1 Å². The lowest BCUT2D eigenvalue weighted by Gasteiger charge is -2.30. The Hall–Kier alpha value is -2.11. The molecule has 1 atom stereocenters. The van der Waals surface area contributed by atoms with E-state index in [0.29, 0.717) is 31.6 Å². The average Bonchev–Trinajstić information content (AvgIpc) is 3.05. The molecule has 1 aromatic carbocycles. The smallest absolute Gasteiger partial charge is 0.253 e. The third-order valence-corrected chi connectivity index (χ3v) is 4.73. The van der Waals surface area contributed by atoms with E-state index in [4.69, 9.17) is 4.42 Å². The van der Waals surface area contributed by atoms with Gasteiger partial charge in [0.25, 0.3) is 5.91 Å². The quantitative estimate of drug-likeness (QED) is 0.928. The number of rotatable bonds is 4. The van der Waals surface area contributed by atoms with Gasteiger partial charge in [0.1, 0.15) is 5.76 Å². The van der Waals surface area contributed by atoms with Crippen molar-refractivity contribution < 1.29 is 14.3 Å². The molecule has 2 aromatic rings. The largest absolute Gasteiger partial charge is 0.464 e. The number of amides is 1. The Bertz CT molecular complexity index is 711. The van der Waals surface area contributed by atoms with Gasteiger partial charge in [-0.15, -0.1) is 0 Å². The second kappa shape index (κ2) is 7.42. The minimum Gasteiger partial charge on any atom is -0.464 e. The summed E-state index contributed by atoms with van der Waals surface area (Å²) in [4.78, 5) is 16.8. The van der Waals surface area contributed by atoms with E-state index in [9.17, 15) is 9.90 Å². The van der Waals surface area contributed by atoms with E-state index in [1.807, 2.05) is 60.3 Å². The summed E-state index contributed by atoms with van der Waals surface area (Å²) in [6, 6.07) is 11.3. The van der Waals surface area contributed by atoms with Crippen molar-refractivity contribution in [3.63, 3.8) is 0 Å². The van der Waals surface area contributed by atoms with Crippen molar-refractivity contribution in [2.75, 3.05) is 33.7 Å². The van der Waals surface area contributed by atoms with Gasteiger partial charge in [-0.3, -0.25) is 4.79 Å². The lowest BCUT2D eigenvalue weighted by molar-refractivity contribution is 0.00305. The van der Waals surface area contributed by atoms with Gasteiger partial charge in [0.05, 0.1) is 11.9 Å². The fourth-order valence-corrected chi connectivity index (χ4v) is 3.56. The topological polar surface area (TPSA) is 56.9 Å². The fourth-order valence-electron chi connectivity index (χ4n) is 3.56. The highest BCUT2D eigenvalue weighted by Crippen LogP contribution is 2.25. The predicted molar refractivity (Wildman–Crippen MR) is 97.4 cm³/mol. The molecule has 25 heavy (non-hydrogen) atoms. The molecule has 0 aliphatic carbocycles. The number of likely N-dealkylation sites (tertiary alicyclic amines) is 1. The maximum absolute atomic E-state index is 12.9. The van der Waals surface area contributed by atoms with E-state index in [-0.39, 0.29) is 5.91 Å². The summed E-state index contributed by atoms with van der Waals surface area (Å²) in [7, 11) is 3.93. The van der Waals surface area contributed by atoms with Crippen LogP contribution in [0.4, 0.5) is 0 Å². The van der Waals surface area contributed by atoms with Crippen LogP contribution in [0, 0.1) is 0 Å². The van der Waals surface area contributed by atoms with Gasteiger partial charge in [-0.25, -0.2) is 0 Å². The summed E-state index contributed by atoms with van der Waals surface area (Å²) >= 11 is 0. The Morgan fingerprint density at radius 2 is 2.08 bits per heavy atom. The number of benzene rings is 1. The Balaban J connectivity index is 1.72. The van der Waals surface area contributed by atoms with Gasteiger partial charge in [-0.2, -0.15) is 0 Å². The lowest BCUT2D eigenvalue weighted by Crippen LogP contribution is -2.41. The normalized spacial score (nSPS) is 21.4. The Labute approximate surface area is 148 Å². The predicted octanol–water partition coefficient (Wildman–Crippen LogP) is 2.87. The van der Waals surface area contributed by atoms with Gasteiger partial charge in [-0.05, 0) is 57.6 Å². The molecule has 0 spiro atoms. The third kappa shape index (κ3) is 4.30. The first-order valence-corrected chi connectivity index (χ1v) is 8.77. The van der Waals surface area contributed by atoms with Crippen LogP contribution in [0.25, 0.3) is 11.3 Å². The highest BCUT2D eigenvalue weighted by Gasteiger charge is 2.32. The molecule has 1 aliphatic rings. The van der Waals surface area contributed by atoms with Crippen LogP contribution < -0.4 is 0 Å². The fraction of sp³-hybridized carbons (Fsp3) is 0.450. The van der Waals surface area contributed by atoms with Crippen LogP contribution in [0.2, 0.25) is 0 Å². The van der Waals surface area contributed by atoms with Crippen molar-refractivity contribution in [2.24, 2.45) is 0 Å². The second-order valence-corrected chi connectivity index (χ2v) is 7.17. The van der Waals surface area contributed by atoms with Gasteiger partial charge in [0.2, 0.25) is 0 Å². The second-order valence-electron chi connectivity index (χ2n) is 7.17. The molecule has 0 radical (unpaired) electrons. The van der Waals surface area contributed by atoms with Gasteiger partial charge in [0.15, 0.2) is 0 Å². The van der Waals surface area contributed by atoms with Crippen LogP contribution >= 0.6 is 0 Å². The molecule has 5 nitrogen and oxygen atoms in total. The van der Waals surface area contributed by atoms with Gasteiger partial charge >= 0.3 is 0 Å². The maximum atomic E-state index is 12.9. The van der Waals surface area contributed by atoms with Crippen LogP contribution in [0.5, 0.6) is 0 Å². The first-order valence-electron chi connectivity index (χ1n) is 8.77. The van der Waals surface area contributed by atoms with E-state index in [0.717, 1.165) is 24.2 Å². The standard InChI is InChI=1S/C20H26N2O3/c1-21(2)15-20(24)9-5-11-22(12-10-20)19(23)17-7-3-6-16(14-17)18-8-4-13-25-18/h3-4,6-8,13-14,24H,5,9-12,15H2,1-2H3. The van der Waals surface area contributed by atoms with Crippen molar-refractivity contribution in [3.8, 4) is 11.3 Å².